The average Bonchev–Trinajstić information content (AvgIpc) is 2.88. The number of fused-ring (bicyclic) bond motifs is 1. The van der Waals surface area contributed by atoms with Crippen LogP contribution < -0.4 is 16.6 Å². The number of nitrogens with two attached hydrogens (primary N) is 1. The van der Waals surface area contributed by atoms with Crippen LogP contribution in [0.25, 0.3) is 10.2 Å². The summed E-state index contributed by atoms with van der Waals surface area (Å²) in [4.78, 5) is 24.4. The number of hydrazine groups is 1. The first-order valence-electron chi connectivity index (χ1n) is 6.13. The summed E-state index contributed by atoms with van der Waals surface area (Å²) in [5.41, 5.74) is 4.52. The number of aromatic nitrogens is 3. The van der Waals surface area contributed by atoms with E-state index in [9.17, 15) is 4.79 Å². The number of rotatable bonds is 3. The molecule has 0 spiro atoms. The van der Waals surface area contributed by atoms with Gasteiger partial charge >= 0.3 is 0 Å². The number of carbonyl (C=O) groups excluding carboxylic acids is 1. The van der Waals surface area contributed by atoms with Crippen molar-refractivity contribution in [3.63, 3.8) is 0 Å². The maximum atomic E-state index is 12.1. The van der Waals surface area contributed by atoms with Gasteiger partial charge in [-0.1, -0.05) is 17.4 Å². The van der Waals surface area contributed by atoms with Crippen molar-refractivity contribution in [1.82, 2.24) is 15.0 Å². The van der Waals surface area contributed by atoms with Crippen LogP contribution in [0, 0.1) is 6.92 Å². The maximum Gasteiger partial charge on any atom is 0.277 e. The van der Waals surface area contributed by atoms with E-state index in [1.54, 1.807) is 0 Å². The Kier molecular flexibility index (Phi) is 3.46. The predicted octanol–water partition coefficient (Wildman–Crippen LogP) is 1.93. The molecule has 7 nitrogen and oxygen atoms in total. The first-order chi connectivity index (χ1) is 10.2. The summed E-state index contributed by atoms with van der Waals surface area (Å²) in [6.45, 7) is 2.01. The van der Waals surface area contributed by atoms with Crippen molar-refractivity contribution in [2.24, 2.45) is 5.84 Å². The Hall–Kier alpha value is -2.58. The van der Waals surface area contributed by atoms with Gasteiger partial charge in [0.15, 0.2) is 10.9 Å². The Bertz CT molecular complexity index is 815. The van der Waals surface area contributed by atoms with Crippen LogP contribution in [0.2, 0.25) is 0 Å². The fourth-order valence-electron chi connectivity index (χ4n) is 1.79. The standard InChI is InChI=1S/C13H12N6OS/c1-7-2-3-8-10(4-7)21-13(17-8)18-12(20)9-5-15-6-11(16-9)19-14/h2-6H,14H2,1H3,(H,16,19)(H,17,18,20). The van der Waals surface area contributed by atoms with Gasteiger partial charge in [-0.15, -0.1) is 0 Å². The molecule has 0 saturated carbocycles. The second-order valence-electron chi connectivity index (χ2n) is 4.38. The van der Waals surface area contributed by atoms with Gasteiger partial charge in [0.25, 0.3) is 5.91 Å². The van der Waals surface area contributed by atoms with Gasteiger partial charge < -0.3 is 5.43 Å². The molecule has 106 valence electrons. The number of thiazole rings is 1. The van der Waals surface area contributed by atoms with E-state index in [0.717, 1.165) is 15.8 Å². The molecular formula is C13H12N6OS. The number of aryl methyl sites for hydroxylation is 1. The van der Waals surface area contributed by atoms with Crippen LogP contribution >= 0.6 is 11.3 Å². The Balaban J connectivity index is 1.85. The first kappa shape index (κ1) is 13.4. The molecule has 0 aliphatic carbocycles. The molecule has 1 amide bonds. The lowest BCUT2D eigenvalue weighted by Crippen LogP contribution is -2.16. The summed E-state index contributed by atoms with van der Waals surface area (Å²) < 4.78 is 1.02. The molecule has 0 radical (unpaired) electrons. The third kappa shape index (κ3) is 2.81. The summed E-state index contributed by atoms with van der Waals surface area (Å²) in [6.07, 6.45) is 2.80. The van der Waals surface area contributed by atoms with E-state index in [-0.39, 0.29) is 11.6 Å². The monoisotopic (exact) mass is 300 g/mol. The van der Waals surface area contributed by atoms with Gasteiger partial charge in [-0.2, -0.15) is 0 Å². The topological polar surface area (TPSA) is 106 Å². The van der Waals surface area contributed by atoms with E-state index in [0.29, 0.717) is 10.9 Å². The Morgan fingerprint density at radius 2 is 2.14 bits per heavy atom. The number of benzene rings is 1. The summed E-state index contributed by atoms with van der Waals surface area (Å²) >= 11 is 1.41. The van der Waals surface area contributed by atoms with Crippen molar-refractivity contribution >= 4 is 38.4 Å². The van der Waals surface area contributed by atoms with Crippen LogP contribution in [0.4, 0.5) is 10.9 Å². The Labute approximate surface area is 124 Å². The minimum absolute atomic E-state index is 0.167. The minimum atomic E-state index is -0.379. The molecule has 0 bridgehead atoms. The molecule has 0 aliphatic heterocycles. The van der Waals surface area contributed by atoms with Crippen molar-refractivity contribution in [1.29, 1.82) is 0 Å². The minimum Gasteiger partial charge on any atom is -0.307 e. The van der Waals surface area contributed by atoms with Crippen molar-refractivity contribution in [3.8, 4) is 0 Å². The van der Waals surface area contributed by atoms with Crippen LogP contribution in [0.15, 0.2) is 30.6 Å². The first-order valence-corrected chi connectivity index (χ1v) is 6.94. The van der Waals surface area contributed by atoms with Gasteiger partial charge in [-0.25, -0.2) is 15.8 Å². The van der Waals surface area contributed by atoms with Gasteiger partial charge in [0, 0.05) is 0 Å². The highest BCUT2D eigenvalue weighted by Gasteiger charge is 2.12. The number of nitrogen functional groups attached to an aromatic ring is 1. The van der Waals surface area contributed by atoms with Gasteiger partial charge in [0.2, 0.25) is 0 Å². The SMILES string of the molecule is Cc1ccc2nc(NC(=O)c3cncc(NN)n3)sc2c1. The maximum absolute atomic E-state index is 12.1. The molecule has 3 rings (SSSR count). The Morgan fingerprint density at radius 1 is 1.29 bits per heavy atom. The summed E-state index contributed by atoms with van der Waals surface area (Å²) in [6, 6.07) is 5.94. The molecular weight excluding hydrogens is 288 g/mol. The van der Waals surface area contributed by atoms with Crippen LogP contribution in [-0.2, 0) is 0 Å². The van der Waals surface area contributed by atoms with Crippen molar-refractivity contribution in [2.75, 3.05) is 10.7 Å². The summed E-state index contributed by atoms with van der Waals surface area (Å²) in [5.74, 6) is 5.18. The van der Waals surface area contributed by atoms with Gasteiger partial charge in [0.05, 0.1) is 22.6 Å². The lowest BCUT2D eigenvalue weighted by Gasteiger charge is -2.02. The molecule has 0 fully saturated rings. The number of carbonyl (C=O) groups is 1. The van der Waals surface area contributed by atoms with E-state index >= 15 is 0 Å². The molecule has 2 aromatic heterocycles. The lowest BCUT2D eigenvalue weighted by atomic mass is 10.2. The van der Waals surface area contributed by atoms with Crippen LogP contribution in [0.5, 0.6) is 0 Å². The molecule has 0 saturated heterocycles. The fourth-order valence-corrected chi connectivity index (χ4v) is 2.75. The quantitative estimate of drug-likeness (QED) is 0.504. The third-order valence-corrected chi connectivity index (χ3v) is 3.71. The number of hydrogen-bond acceptors (Lipinski definition) is 7. The zero-order chi connectivity index (χ0) is 14.8. The van der Waals surface area contributed by atoms with E-state index in [1.807, 2.05) is 25.1 Å². The zero-order valence-electron chi connectivity index (χ0n) is 11.1. The number of anilines is 2. The van der Waals surface area contributed by atoms with Crippen molar-refractivity contribution in [3.05, 3.63) is 41.9 Å². The van der Waals surface area contributed by atoms with Gasteiger partial charge in [-0.05, 0) is 24.6 Å². The number of amides is 1. The van der Waals surface area contributed by atoms with Gasteiger partial charge in [0.1, 0.15) is 5.69 Å². The molecule has 8 heteroatoms. The van der Waals surface area contributed by atoms with Gasteiger partial charge in [-0.3, -0.25) is 15.1 Å². The van der Waals surface area contributed by atoms with E-state index < -0.39 is 0 Å². The molecule has 0 atom stereocenters. The van der Waals surface area contributed by atoms with E-state index in [1.165, 1.54) is 23.7 Å². The Morgan fingerprint density at radius 3 is 2.95 bits per heavy atom. The predicted molar refractivity (Wildman–Crippen MR) is 82.2 cm³/mol. The third-order valence-electron chi connectivity index (χ3n) is 2.78. The average molecular weight is 300 g/mol. The fraction of sp³-hybridized carbons (Fsp3) is 0.0769. The second-order valence-corrected chi connectivity index (χ2v) is 5.41. The molecule has 0 aliphatic rings. The summed E-state index contributed by atoms with van der Waals surface area (Å²) in [7, 11) is 0. The zero-order valence-corrected chi connectivity index (χ0v) is 11.9. The molecule has 1 aromatic carbocycles. The lowest BCUT2D eigenvalue weighted by molar-refractivity contribution is 0.102. The largest absolute Gasteiger partial charge is 0.307 e. The van der Waals surface area contributed by atoms with Crippen molar-refractivity contribution in [2.45, 2.75) is 6.92 Å². The van der Waals surface area contributed by atoms with E-state index in [4.69, 9.17) is 5.84 Å². The summed E-state index contributed by atoms with van der Waals surface area (Å²) in [5, 5.41) is 3.24. The molecule has 21 heavy (non-hydrogen) atoms. The molecule has 0 unspecified atom stereocenters. The normalized spacial score (nSPS) is 10.6. The molecule has 2 heterocycles. The van der Waals surface area contributed by atoms with Crippen LogP contribution in [0.3, 0.4) is 0 Å². The number of hydrogen-bond donors (Lipinski definition) is 3. The number of nitrogens with zero attached hydrogens (tertiary/aromatic N) is 3. The highest BCUT2D eigenvalue weighted by atomic mass is 32.1. The second kappa shape index (κ2) is 5.43. The van der Waals surface area contributed by atoms with Crippen LogP contribution in [0.1, 0.15) is 16.1 Å². The molecule has 4 N–H and O–H groups in total. The highest BCUT2D eigenvalue weighted by molar-refractivity contribution is 7.22. The van der Waals surface area contributed by atoms with Crippen LogP contribution in [-0.4, -0.2) is 20.9 Å². The van der Waals surface area contributed by atoms with E-state index in [2.05, 4.69) is 25.7 Å². The molecule has 3 aromatic rings. The highest BCUT2D eigenvalue weighted by Crippen LogP contribution is 2.26. The number of nitrogens with one attached hydrogen (secondary N) is 2. The smallest absolute Gasteiger partial charge is 0.277 e. The van der Waals surface area contributed by atoms with Crippen molar-refractivity contribution < 1.29 is 4.79 Å².